The van der Waals surface area contributed by atoms with Crippen LogP contribution in [0.15, 0.2) is 42.9 Å². The minimum atomic E-state index is -1.01. The van der Waals surface area contributed by atoms with Gasteiger partial charge in [0, 0.05) is 18.0 Å². The van der Waals surface area contributed by atoms with Gasteiger partial charge in [0.05, 0.1) is 6.20 Å². The largest absolute Gasteiger partial charge is 0.480 e. The number of rotatable bonds is 6. The fourth-order valence-electron chi connectivity index (χ4n) is 2.20. The number of hydrogen-bond acceptors (Lipinski definition) is 5. The maximum atomic E-state index is 12.2. The molecule has 0 bridgehead atoms. The summed E-state index contributed by atoms with van der Waals surface area (Å²) in [5.41, 5.74) is 0.332. The van der Waals surface area contributed by atoms with Gasteiger partial charge < -0.3 is 15.2 Å². The summed E-state index contributed by atoms with van der Waals surface area (Å²) >= 11 is 0. The molecule has 1 unspecified atom stereocenters. The molecule has 0 aliphatic heterocycles. The van der Waals surface area contributed by atoms with Crippen molar-refractivity contribution in [2.75, 3.05) is 0 Å². The zero-order chi connectivity index (χ0) is 16.2. The molecule has 7 heteroatoms. The summed E-state index contributed by atoms with van der Waals surface area (Å²) in [5.74, 6) is -0.680. The number of nitrogens with zero attached hydrogens (tertiary/aromatic N) is 2. The van der Waals surface area contributed by atoms with E-state index in [2.05, 4.69) is 15.3 Å². The van der Waals surface area contributed by atoms with Crippen LogP contribution in [0.1, 0.15) is 23.2 Å². The Bertz CT molecular complexity index is 716. The number of aromatic nitrogens is 2. The molecule has 0 spiro atoms. The van der Waals surface area contributed by atoms with Gasteiger partial charge in [0.1, 0.15) is 11.8 Å². The Morgan fingerprint density at radius 2 is 2.13 bits per heavy atom. The third kappa shape index (κ3) is 3.82. The van der Waals surface area contributed by atoms with Crippen molar-refractivity contribution in [3.8, 4) is 11.6 Å². The van der Waals surface area contributed by atoms with Crippen LogP contribution in [-0.2, 0) is 4.79 Å². The first-order valence-electron chi connectivity index (χ1n) is 7.21. The third-order valence-electron chi connectivity index (χ3n) is 3.50. The van der Waals surface area contributed by atoms with E-state index < -0.39 is 17.9 Å². The van der Waals surface area contributed by atoms with Crippen LogP contribution in [0.4, 0.5) is 0 Å². The Morgan fingerprint density at radius 1 is 1.30 bits per heavy atom. The highest BCUT2D eigenvalue weighted by atomic mass is 16.5. The van der Waals surface area contributed by atoms with E-state index in [4.69, 9.17) is 4.74 Å². The Balaban J connectivity index is 1.71. The highest BCUT2D eigenvalue weighted by molar-refractivity contribution is 5.97. The molecule has 118 valence electrons. The molecule has 1 aromatic heterocycles. The van der Waals surface area contributed by atoms with E-state index in [1.807, 2.05) is 0 Å². The summed E-state index contributed by atoms with van der Waals surface area (Å²) in [6.45, 7) is 0. The molecule has 1 heterocycles. The van der Waals surface area contributed by atoms with Crippen LogP contribution in [0, 0.1) is 5.92 Å². The number of carbonyl (C=O) groups is 2. The summed E-state index contributed by atoms with van der Waals surface area (Å²) in [5, 5.41) is 11.7. The maximum Gasteiger partial charge on any atom is 0.326 e. The number of carboxylic acids is 1. The van der Waals surface area contributed by atoms with E-state index in [1.54, 1.807) is 18.2 Å². The highest BCUT2D eigenvalue weighted by Gasteiger charge is 2.37. The van der Waals surface area contributed by atoms with Gasteiger partial charge in [0.25, 0.3) is 5.91 Å². The van der Waals surface area contributed by atoms with Crippen molar-refractivity contribution < 1.29 is 19.4 Å². The molecule has 1 aliphatic rings. The summed E-state index contributed by atoms with van der Waals surface area (Å²) in [4.78, 5) is 31.3. The van der Waals surface area contributed by atoms with E-state index >= 15 is 0 Å². The second kappa shape index (κ2) is 6.43. The molecule has 3 rings (SSSR count). The van der Waals surface area contributed by atoms with Gasteiger partial charge in [0.15, 0.2) is 0 Å². The Labute approximate surface area is 132 Å². The van der Waals surface area contributed by atoms with Gasteiger partial charge in [-0.15, -0.1) is 0 Å². The zero-order valence-corrected chi connectivity index (χ0v) is 12.2. The molecule has 1 amide bonds. The van der Waals surface area contributed by atoms with Crippen LogP contribution >= 0.6 is 0 Å². The van der Waals surface area contributed by atoms with Crippen molar-refractivity contribution >= 4 is 11.9 Å². The number of carboxylic acid groups (broad SMARTS) is 1. The minimum Gasteiger partial charge on any atom is -0.480 e. The molecular formula is C16H15N3O4. The second-order valence-corrected chi connectivity index (χ2v) is 5.30. The highest BCUT2D eigenvalue weighted by Crippen LogP contribution is 2.33. The van der Waals surface area contributed by atoms with Crippen LogP contribution in [0.2, 0.25) is 0 Å². The molecule has 2 aromatic rings. The average molecular weight is 313 g/mol. The third-order valence-corrected chi connectivity index (χ3v) is 3.50. The van der Waals surface area contributed by atoms with Crippen LogP contribution in [0.3, 0.4) is 0 Å². The van der Waals surface area contributed by atoms with Gasteiger partial charge in [0.2, 0.25) is 5.88 Å². The van der Waals surface area contributed by atoms with Gasteiger partial charge >= 0.3 is 5.97 Å². The number of amides is 1. The predicted molar refractivity (Wildman–Crippen MR) is 80.2 cm³/mol. The van der Waals surface area contributed by atoms with Crippen molar-refractivity contribution in [3.63, 3.8) is 0 Å². The molecule has 1 fully saturated rings. The molecule has 1 aromatic carbocycles. The summed E-state index contributed by atoms with van der Waals surface area (Å²) in [6, 6.07) is 5.64. The smallest absolute Gasteiger partial charge is 0.326 e. The van der Waals surface area contributed by atoms with Crippen LogP contribution < -0.4 is 10.1 Å². The first kappa shape index (κ1) is 15.0. The molecule has 1 atom stereocenters. The van der Waals surface area contributed by atoms with Crippen molar-refractivity contribution in [1.29, 1.82) is 0 Å². The maximum absolute atomic E-state index is 12.2. The lowest BCUT2D eigenvalue weighted by Crippen LogP contribution is -2.42. The number of benzene rings is 1. The van der Waals surface area contributed by atoms with Crippen molar-refractivity contribution in [1.82, 2.24) is 15.3 Å². The Hall–Kier alpha value is -2.96. The van der Waals surface area contributed by atoms with E-state index in [9.17, 15) is 14.7 Å². The van der Waals surface area contributed by atoms with E-state index in [0.717, 1.165) is 12.8 Å². The molecule has 2 N–H and O–H groups in total. The van der Waals surface area contributed by atoms with E-state index in [-0.39, 0.29) is 5.92 Å². The Kier molecular flexibility index (Phi) is 4.18. The number of ether oxygens (including phenoxy) is 1. The summed E-state index contributed by atoms with van der Waals surface area (Å²) in [6.07, 6.45) is 6.14. The molecular weight excluding hydrogens is 298 g/mol. The number of aliphatic carboxylic acids is 1. The van der Waals surface area contributed by atoms with Gasteiger partial charge in [-0.1, -0.05) is 6.07 Å². The number of nitrogens with one attached hydrogen (secondary N) is 1. The number of carbonyl (C=O) groups excluding carboxylic acids is 1. The summed E-state index contributed by atoms with van der Waals surface area (Å²) < 4.78 is 5.51. The number of hydrogen-bond donors (Lipinski definition) is 2. The average Bonchev–Trinajstić information content (AvgIpc) is 3.38. The van der Waals surface area contributed by atoms with E-state index in [1.165, 1.54) is 24.7 Å². The lowest BCUT2D eigenvalue weighted by molar-refractivity contribution is -0.139. The lowest BCUT2D eigenvalue weighted by atomic mass is 10.1. The molecule has 0 radical (unpaired) electrons. The van der Waals surface area contributed by atoms with Crippen LogP contribution in [0.5, 0.6) is 11.6 Å². The van der Waals surface area contributed by atoms with Gasteiger partial charge in [-0.2, -0.15) is 0 Å². The van der Waals surface area contributed by atoms with Gasteiger partial charge in [-0.3, -0.25) is 9.78 Å². The van der Waals surface area contributed by atoms with Crippen LogP contribution in [0.25, 0.3) is 0 Å². The second-order valence-electron chi connectivity index (χ2n) is 5.30. The van der Waals surface area contributed by atoms with Crippen LogP contribution in [-0.4, -0.2) is 33.0 Å². The SMILES string of the molecule is O=C(NC(C(=O)O)C1CC1)c1cccc(Oc2cnccn2)c1. The van der Waals surface area contributed by atoms with Gasteiger partial charge in [-0.05, 0) is 37.0 Å². The quantitative estimate of drug-likeness (QED) is 0.844. The monoisotopic (exact) mass is 313 g/mol. The first-order chi connectivity index (χ1) is 11.1. The minimum absolute atomic E-state index is 0.0236. The topological polar surface area (TPSA) is 101 Å². The standard InChI is InChI=1S/C16H15N3O4/c20-15(19-14(16(21)22)10-4-5-10)11-2-1-3-12(8-11)23-13-9-17-6-7-18-13/h1-3,6-10,14H,4-5H2,(H,19,20)(H,21,22). The Morgan fingerprint density at radius 3 is 2.78 bits per heavy atom. The van der Waals surface area contributed by atoms with Crippen molar-refractivity contribution in [3.05, 3.63) is 48.4 Å². The molecule has 1 aliphatic carbocycles. The molecule has 23 heavy (non-hydrogen) atoms. The fraction of sp³-hybridized carbons (Fsp3) is 0.250. The summed E-state index contributed by atoms with van der Waals surface area (Å²) in [7, 11) is 0. The fourth-order valence-corrected chi connectivity index (χ4v) is 2.20. The van der Waals surface area contributed by atoms with Gasteiger partial charge in [-0.25, -0.2) is 9.78 Å². The molecule has 1 saturated carbocycles. The first-order valence-corrected chi connectivity index (χ1v) is 7.21. The molecule has 0 saturated heterocycles. The lowest BCUT2D eigenvalue weighted by Gasteiger charge is -2.14. The van der Waals surface area contributed by atoms with Crippen molar-refractivity contribution in [2.24, 2.45) is 5.92 Å². The normalized spacial score (nSPS) is 14.8. The van der Waals surface area contributed by atoms with Crippen molar-refractivity contribution in [2.45, 2.75) is 18.9 Å². The zero-order valence-electron chi connectivity index (χ0n) is 12.2. The van der Waals surface area contributed by atoms with E-state index in [0.29, 0.717) is 17.2 Å². The molecule has 7 nitrogen and oxygen atoms in total. The predicted octanol–water partition coefficient (Wildman–Crippen LogP) is 1.86.